The normalized spacial score (nSPS) is 22.0. The largest absolute Gasteiger partial charge is 0.271 e. The summed E-state index contributed by atoms with van der Waals surface area (Å²) in [4.78, 5) is 26.4. The number of hydrogen-bond donors (Lipinski definition) is 0. The Hall–Kier alpha value is -2.80. The summed E-state index contributed by atoms with van der Waals surface area (Å²) in [6, 6.07) is 10.7. The average Bonchev–Trinajstić information content (AvgIpc) is 3.10. The van der Waals surface area contributed by atoms with Crippen LogP contribution in [0.15, 0.2) is 58.9 Å². The monoisotopic (exact) mass is 358 g/mol. The van der Waals surface area contributed by atoms with E-state index in [1.807, 2.05) is 6.07 Å². The predicted octanol–water partition coefficient (Wildman–Crippen LogP) is 2.97. The van der Waals surface area contributed by atoms with Crippen molar-refractivity contribution in [3.05, 3.63) is 64.9 Å². The standard InChI is InChI=1S/C17H12ClFN4O2/c18-11-3-1-2-10(8-11)9-22-15-14(20-21-22)16(24)23(17(15)25)13-6-4-12(19)5-7-13/h1-8,14-15H,9H2/t14-,15-/m1/s1. The van der Waals surface area contributed by atoms with Gasteiger partial charge < -0.3 is 0 Å². The molecule has 2 aromatic rings. The first-order valence-electron chi connectivity index (χ1n) is 7.60. The van der Waals surface area contributed by atoms with Crippen molar-refractivity contribution >= 4 is 29.1 Å². The molecule has 0 bridgehead atoms. The van der Waals surface area contributed by atoms with Gasteiger partial charge in [-0.2, -0.15) is 5.11 Å². The van der Waals surface area contributed by atoms with Crippen molar-refractivity contribution in [1.29, 1.82) is 0 Å². The predicted molar refractivity (Wildman–Crippen MR) is 88.3 cm³/mol. The van der Waals surface area contributed by atoms with E-state index in [2.05, 4.69) is 10.3 Å². The molecule has 2 heterocycles. The van der Waals surface area contributed by atoms with Crippen LogP contribution in [0.25, 0.3) is 0 Å². The van der Waals surface area contributed by atoms with Crippen molar-refractivity contribution in [2.24, 2.45) is 10.3 Å². The molecule has 0 spiro atoms. The Balaban J connectivity index is 1.60. The molecule has 0 radical (unpaired) electrons. The molecule has 126 valence electrons. The molecule has 25 heavy (non-hydrogen) atoms. The second-order valence-electron chi connectivity index (χ2n) is 5.81. The summed E-state index contributed by atoms with van der Waals surface area (Å²) in [5.74, 6) is -1.32. The number of nitrogens with zero attached hydrogens (tertiary/aromatic N) is 4. The summed E-state index contributed by atoms with van der Waals surface area (Å²) < 4.78 is 13.1. The number of fused-ring (bicyclic) bond motifs is 1. The zero-order chi connectivity index (χ0) is 17.6. The van der Waals surface area contributed by atoms with Crippen LogP contribution < -0.4 is 4.90 Å². The minimum atomic E-state index is -0.878. The first-order chi connectivity index (χ1) is 12.0. The molecule has 1 saturated heterocycles. The van der Waals surface area contributed by atoms with Gasteiger partial charge in [0.05, 0.1) is 12.2 Å². The van der Waals surface area contributed by atoms with Crippen LogP contribution in [0.2, 0.25) is 5.02 Å². The molecule has 2 aliphatic heterocycles. The van der Waals surface area contributed by atoms with E-state index >= 15 is 0 Å². The van der Waals surface area contributed by atoms with Gasteiger partial charge in [-0.3, -0.25) is 14.6 Å². The van der Waals surface area contributed by atoms with Crippen LogP contribution in [0.1, 0.15) is 5.56 Å². The van der Waals surface area contributed by atoms with Gasteiger partial charge in [-0.1, -0.05) is 29.0 Å². The van der Waals surface area contributed by atoms with Crippen LogP contribution in [0.4, 0.5) is 10.1 Å². The lowest BCUT2D eigenvalue weighted by atomic mass is 10.1. The number of anilines is 1. The Morgan fingerprint density at radius 3 is 2.56 bits per heavy atom. The van der Waals surface area contributed by atoms with E-state index in [1.165, 1.54) is 29.3 Å². The van der Waals surface area contributed by atoms with Crippen LogP contribution in [-0.2, 0) is 16.1 Å². The van der Waals surface area contributed by atoms with Gasteiger partial charge >= 0.3 is 0 Å². The third kappa shape index (κ3) is 2.66. The Bertz CT molecular complexity index is 886. The fourth-order valence-corrected chi connectivity index (χ4v) is 3.23. The number of imide groups is 1. The summed E-state index contributed by atoms with van der Waals surface area (Å²) >= 11 is 5.98. The summed E-state index contributed by atoms with van der Waals surface area (Å²) in [5, 5.41) is 9.99. The molecule has 2 aromatic carbocycles. The van der Waals surface area contributed by atoms with Crippen molar-refractivity contribution < 1.29 is 14.0 Å². The van der Waals surface area contributed by atoms with Crippen molar-refractivity contribution in [3.63, 3.8) is 0 Å². The Morgan fingerprint density at radius 1 is 1.08 bits per heavy atom. The zero-order valence-electron chi connectivity index (χ0n) is 12.8. The second kappa shape index (κ2) is 5.93. The maximum absolute atomic E-state index is 13.1. The smallest absolute Gasteiger partial charge is 0.263 e. The summed E-state index contributed by atoms with van der Waals surface area (Å²) in [6.45, 7) is 0.307. The molecular formula is C17H12ClFN4O2. The van der Waals surface area contributed by atoms with Gasteiger partial charge in [0, 0.05) is 5.02 Å². The minimum Gasteiger partial charge on any atom is -0.271 e. The number of carbonyl (C=O) groups excluding carboxylic acids is 2. The van der Waals surface area contributed by atoms with Crippen molar-refractivity contribution in [3.8, 4) is 0 Å². The van der Waals surface area contributed by atoms with Gasteiger partial charge in [0.2, 0.25) is 0 Å². The first kappa shape index (κ1) is 15.7. The fraction of sp³-hybridized carbons (Fsp3) is 0.176. The Kier molecular flexibility index (Phi) is 3.73. The lowest BCUT2D eigenvalue weighted by Gasteiger charge is -2.20. The van der Waals surface area contributed by atoms with E-state index < -0.39 is 29.7 Å². The maximum Gasteiger partial charge on any atom is 0.263 e. The number of hydrogen-bond acceptors (Lipinski definition) is 5. The number of rotatable bonds is 3. The molecule has 1 fully saturated rings. The van der Waals surface area contributed by atoms with Gasteiger partial charge in [-0.15, -0.1) is 0 Å². The van der Waals surface area contributed by atoms with Crippen LogP contribution in [-0.4, -0.2) is 28.9 Å². The van der Waals surface area contributed by atoms with Crippen LogP contribution in [0, 0.1) is 5.82 Å². The molecule has 0 saturated carbocycles. The molecule has 0 aromatic heterocycles. The number of carbonyl (C=O) groups is 2. The molecule has 0 N–H and O–H groups in total. The zero-order valence-corrected chi connectivity index (χ0v) is 13.6. The Labute approximate surface area is 147 Å². The molecule has 4 rings (SSSR count). The van der Waals surface area contributed by atoms with Crippen molar-refractivity contribution in [2.45, 2.75) is 18.6 Å². The van der Waals surface area contributed by atoms with Crippen molar-refractivity contribution in [2.75, 3.05) is 4.90 Å². The third-order valence-electron chi connectivity index (χ3n) is 4.18. The highest BCUT2D eigenvalue weighted by Gasteiger charge is 2.54. The van der Waals surface area contributed by atoms with Crippen LogP contribution in [0.3, 0.4) is 0 Å². The first-order valence-corrected chi connectivity index (χ1v) is 7.97. The molecular weight excluding hydrogens is 347 g/mol. The summed E-state index contributed by atoms with van der Waals surface area (Å²) in [7, 11) is 0. The van der Waals surface area contributed by atoms with Gasteiger partial charge in [-0.25, -0.2) is 9.29 Å². The van der Waals surface area contributed by atoms with E-state index in [0.717, 1.165) is 10.5 Å². The molecule has 2 aliphatic rings. The maximum atomic E-state index is 13.1. The van der Waals surface area contributed by atoms with Gasteiger partial charge in [0.25, 0.3) is 11.8 Å². The summed E-state index contributed by atoms with van der Waals surface area (Å²) in [6.07, 6.45) is 0. The van der Waals surface area contributed by atoms with Crippen molar-refractivity contribution in [1.82, 2.24) is 5.01 Å². The molecule has 2 atom stereocenters. The van der Waals surface area contributed by atoms with E-state index in [-0.39, 0.29) is 0 Å². The van der Waals surface area contributed by atoms with E-state index in [9.17, 15) is 14.0 Å². The van der Waals surface area contributed by atoms with Gasteiger partial charge in [-0.05, 0) is 42.0 Å². The molecule has 6 nitrogen and oxygen atoms in total. The van der Waals surface area contributed by atoms with Crippen LogP contribution in [0.5, 0.6) is 0 Å². The third-order valence-corrected chi connectivity index (χ3v) is 4.41. The Morgan fingerprint density at radius 2 is 1.84 bits per heavy atom. The average molecular weight is 359 g/mol. The number of halogens is 2. The minimum absolute atomic E-state index is 0.307. The number of amides is 2. The van der Waals surface area contributed by atoms with E-state index in [1.54, 1.807) is 18.2 Å². The van der Waals surface area contributed by atoms with Gasteiger partial charge in [0.1, 0.15) is 5.82 Å². The summed E-state index contributed by atoms with van der Waals surface area (Å²) in [5.41, 5.74) is 1.18. The van der Waals surface area contributed by atoms with Crippen LogP contribution >= 0.6 is 11.6 Å². The highest BCUT2D eigenvalue weighted by Crippen LogP contribution is 2.32. The fourth-order valence-electron chi connectivity index (χ4n) is 3.02. The lowest BCUT2D eigenvalue weighted by molar-refractivity contribution is -0.123. The molecule has 8 heteroatoms. The molecule has 0 unspecified atom stereocenters. The SMILES string of the molecule is O=C1[C@@H]2N=NN(Cc3cccc(Cl)c3)[C@H]2C(=O)N1c1ccc(F)cc1. The van der Waals surface area contributed by atoms with Gasteiger partial charge in [0.15, 0.2) is 12.1 Å². The number of benzene rings is 2. The molecule has 0 aliphatic carbocycles. The topological polar surface area (TPSA) is 65.3 Å². The van der Waals surface area contributed by atoms with E-state index in [0.29, 0.717) is 17.3 Å². The second-order valence-corrected chi connectivity index (χ2v) is 6.25. The van der Waals surface area contributed by atoms with E-state index in [4.69, 9.17) is 11.6 Å². The highest BCUT2D eigenvalue weighted by atomic mass is 35.5. The molecule has 2 amide bonds. The quantitative estimate of drug-likeness (QED) is 0.792. The highest BCUT2D eigenvalue weighted by molar-refractivity contribution is 6.30. The lowest BCUT2D eigenvalue weighted by Crippen LogP contribution is -2.39.